The third-order valence-corrected chi connectivity index (χ3v) is 11.3. The third kappa shape index (κ3) is 6.87. The first-order chi connectivity index (χ1) is 28.7. The van der Waals surface area contributed by atoms with Crippen molar-refractivity contribution in [3.05, 3.63) is 205 Å². The Morgan fingerprint density at radius 2 is 1.12 bits per heavy atom. The van der Waals surface area contributed by atoms with E-state index >= 15 is 0 Å². The van der Waals surface area contributed by atoms with Gasteiger partial charge in [-0.05, 0) is 72.3 Å². The molecule has 0 bridgehead atoms. The molecule has 6 aromatic carbocycles. The van der Waals surface area contributed by atoms with Crippen LogP contribution in [0.3, 0.4) is 0 Å². The molecule has 1 aliphatic carbocycles. The molecule has 0 saturated carbocycles. The van der Waals surface area contributed by atoms with Crippen molar-refractivity contribution in [1.82, 2.24) is 29.5 Å². The maximum atomic E-state index is 4.90. The summed E-state index contributed by atoms with van der Waals surface area (Å²) in [5, 5.41) is 2.31. The van der Waals surface area contributed by atoms with Gasteiger partial charge in [0.05, 0.1) is 0 Å². The van der Waals surface area contributed by atoms with Crippen LogP contribution in [-0.4, -0.2) is 29.5 Å². The van der Waals surface area contributed by atoms with Crippen molar-refractivity contribution in [3.63, 3.8) is 0 Å². The number of benzene rings is 6. The molecule has 59 heavy (non-hydrogen) atoms. The standard InChI is InChI=1S/C52H34N6.U/c1-2-8-42(9-3-1)58-48-13-7-6-12-45(48)47-33-39(20-21-49(47)58)38-18-19-40-31-41(43-10-4-5-11-44(43)46(40)32-38)30-34-14-16-35(17-15-34)50-55-51(36-22-26-53-27-23-36)57-52(56-50)37-24-28-54-29-25-37;/h1-29,41H,30-31H2;/q-2;+2. The van der Waals surface area contributed by atoms with Crippen LogP contribution in [0.4, 0.5) is 0 Å². The van der Waals surface area contributed by atoms with Gasteiger partial charge in [-0.25, -0.2) is 15.0 Å². The molecule has 11 rings (SSSR count). The van der Waals surface area contributed by atoms with Gasteiger partial charge in [-0.15, -0.1) is 23.3 Å². The van der Waals surface area contributed by atoms with Crippen molar-refractivity contribution in [3.8, 4) is 62.1 Å². The van der Waals surface area contributed by atoms with E-state index < -0.39 is 0 Å². The Morgan fingerprint density at radius 3 is 1.83 bits per heavy atom. The SMILES string of the molecule is [U+2].[c-]1c(-c2[c-]c3c4ccccc4n(-c4ccccc4)c3cc2)ccc2c1-c1ccccc1C(Cc1ccc(-c3nc(-c4ccncc4)nc(-c4ccncc4)n3)cc1)C2. The molecular weight excluding hydrogens is 947 g/mol. The first kappa shape index (κ1) is 36.8. The summed E-state index contributed by atoms with van der Waals surface area (Å²) in [6.07, 6.45) is 8.87. The van der Waals surface area contributed by atoms with Crippen molar-refractivity contribution in [2.45, 2.75) is 18.8 Å². The number of fused-ring (bicyclic) bond motifs is 6. The van der Waals surface area contributed by atoms with Crippen LogP contribution in [0.25, 0.3) is 83.9 Å². The predicted molar refractivity (Wildman–Crippen MR) is 231 cm³/mol. The zero-order chi connectivity index (χ0) is 38.4. The molecule has 0 radical (unpaired) electrons. The summed E-state index contributed by atoms with van der Waals surface area (Å²) in [5.74, 6) is 2.17. The van der Waals surface area contributed by atoms with E-state index in [2.05, 4.69) is 154 Å². The normalized spacial score (nSPS) is 13.1. The van der Waals surface area contributed by atoms with Gasteiger partial charge in [-0.3, -0.25) is 9.97 Å². The van der Waals surface area contributed by atoms with Crippen LogP contribution >= 0.6 is 0 Å². The van der Waals surface area contributed by atoms with Crippen LogP contribution in [0.1, 0.15) is 22.6 Å². The van der Waals surface area contributed by atoms with Gasteiger partial charge in [0.2, 0.25) is 0 Å². The zero-order valence-corrected chi connectivity index (χ0v) is 36.1. The molecule has 6 nitrogen and oxygen atoms in total. The molecule has 0 spiro atoms. The quantitative estimate of drug-likeness (QED) is 0.149. The molecule has 1 atom stereocenters. The fraction of sp³-hybridized carbons (Fsp3) is 0.0577. The van der Waals surface area contributed by atoms with Crippen LogP contribution in [0.15, 0.2) is 176 Å². The Bertz CT molecular complexity index is 3050. The van der Waals surface area contributed by atoms with Crippen molar-refractivity contribution in [2.75, 3.05) is 0 Å². The number of nitrogens with zero attached hydrogens (tertiary/aromatic N) is 6. The van der Waals surface area contributed by atoms with Gasteiger partial charge in [0.25, 0.3) is 0 Å². The molecular formula is C52H34N6U. The molecule has 0 N–H and O–H groups in total. The fourth-order valence-corrected chi connectivity index (χ4v) is 8.47. The molecule has 0 fully saturated rings. The minimum Gasteiger partial charge on any atom is -0.349 e. The Balaban J connectivity index is 0.00000420. The van der Waals surface area contributed by atoms with Crippen molar-refractivity contribution >= 4 is 21.8 Å². The van der Waals surface area contributed by atoms with Gasteiger partial charge in [-0.1, -0.05) is 107 Å². The van der Waals surface area contributed by atoms with Crippen molar-refractivity contribution in [1.29, 1.82) is 0 Å². The number of pyridine rings is 2. The van der Waals surface area contributed by atoms with Crippen molar-refractivity contribution in [2.24, 2.45) is 0 Å². The second-order valence-electron chi connectivity index (χ2n) is 14.8. The smallest absolute Gasteiger partial charge is 0.349 e. The van der Waals surface area contributed by atoms with Crippen LogP contribution < -0.4 is 0 Å². The largest absolute Gasteiger partial charge is 2.00 e. The topological polar surface area (TPSA) is 69.4 Å². The van der Waals surface area contributed by atoms with E-state index in [1.807, 2.05) is 24.3 Å². The van der Waals surface area contributed by atoms with E-state index in [0.29, 0.717) is 23.4 Å². The average molecular weight is 981 g/mol. The van der Waals surface area contributed by atoms with E-state index in [0.717, 1.165) is 57.2 Å². The Hall–Kier alpha value is -6.52. The number of para-hydroxylation sites is 2. The van der Waals surface area contributed by atoms with Gasteiger partial charge >= 0.3 is 31.1 Å². The van der Waals surface area contributed by atoms with E-state index in [9.17, 15) is 0 Å². The van der Waals surface area contributed by atoms with Crippen LogP contribution in [0, 0.1) is 43.2 Å². The van der Waals surface area contributed by atoms with Gasteiger partial charge in [0.1, 0.15) is 0 Å². The summed E-state index contributed by atoms with van der Waals surface area (Å²) >= 11 is 0. The number of hydrogen-bond acceptors (Lipinski definition) is 5. The van der Waals surface area contributed by atoms with E-state index in [-0.39, 0.29) is 31.1 Å². The molecule has 276 valence electrons. The molecule has 4 aromatic heterocycles. The van der Waals surface area contributed by atoms with E-state index in [1.165, 1.54) is 38.7 Å². The van der Waals surface area contributed by atoms with E-state index in [1.54, 1.807) is 24.8 Å². The van der Waals surface area contributed by atoms with E-state index in [4.69, 9.17) is 15.0 Å². The second-order valence-corrected chi connectivity index (χ2v) is 14.8. The maximum absolute atomic E-state index is 4.90. The summed E-state index contributed by atoms with van der Waals surface area (Å²) in [5.41, 5.74) is 14.7. The third-order valence-electron chi connectivity index (χ3n) is 11.3. The first-order valence-corrected chi connectivity index (χ1v) is 19.6. The van der Waals surface area contributed by atoms with Gasteiger partial charge in [0, 0.05) is 52.7 Å². The summed E-state index contributed by atoms with van der Waals surface area (Å²) in [7, 11) is 0. The molecule has 0 saturated heterocycles. The molecule has 1 unspecified atom stereocenters. The number of aromatic nitrogens is 6. The Morgan fingerprint density at radius 1 is 0.525 bits per heavy atom. The Kier molecular flexibility index (Phi) is 9.78. The fourth-order valence-electron chi connectivity index (χ4n) is 8.47. The van der Waals surface area contributed by atoms with Crippen LogP contribution in [-0.2, 0) is 12.8 Å². The van der Waals surface area contributed by atoms with Crippen LogP contribution in [0.5, 0.6) is 0 Å². The first-order valence-electron chi connectivity index (χ1n) is 19.6. The monoisotopic (exact) mass is 980 g/mol. The molecule has 0 amide bonds. The Labute approximate surface area is 366 Å². The number of hydrogen-bond donors (Lipinski definition) is 0. The summed E-state index contributed by atoms with van der Waals surface area (Å²) in [4.78, 5) is 23.0. The van der Waals surface area contributed by atoms with Crippen molar-refractivity contribution < 1.29 is 31.1 Å². The second kappa shape index (κ2) is 15.7. The minimum absolute atomic E-state index is 0. The number of rotatable bonds is 7. The molecule has 4 heterocycles. The van der Waals surface area contributed by atoms with Gasteiger partial charge < -0.3 is 4.57 Å². The predicted octanol–water partition coefficient (Wildman–Crippen LogP) is 11.6. The van der Waals surface area contributed by atoms with Gasteiger partial charge in [-0.2, -0.15) is 35.4 Å². The van der Waals surface area contributed by atoms with Crippen LogP contribution in [0.2, 0.25) is 0 Å². The van der Waals surface area contributed by atoms with Gasteiger partial charge in [0.15, 0.2) is 17.5 Å². The summed E-state index contributed by atoms with van der Waals surface area (Å²) in [6.45, 7) is 0. The molecule has 7 heteroatoms. The zero-order valence-electron chi connectivity index (χ0n) is 31.9. The minimum atomic E-state index is 0. The molecule has 0 aliphatic heterocycles. The summed E-state index contributed by atoms with van der Waals surface area (Å²) < 4.78 is 2.33. The molecule has 1 aliphatic rings. The maximum Gasteiger partial charge on any atom is 2.00 e. The summed E-state index contributed by atoms with van der Waals surface area (Å²) in [6, 6.07) is 61.0. The average Bonchev–Trinajstić information content (AvgIpc) is 3.64. The molecule has 10 aromatic rings.